The molecule has 0 bridgehead atoms. The summed E-state index contributed by atoms with van der Waals surface area (Å²) in [5, 5.41) is 4.85. The Bertz CT molecular complexity index is 1180. The Labute approximate surface area is 162 Å². The van der Waals surface area contributed by atoms with Gasteiger partial charge in [0.2, 0.25) is 0 Å². The minimum atomic E-state index is -0.0696. The predicted octanol–water partition coefficient (Wildman–Crippen LogP) is 3.70. The van der Waals surface area contributed by atoms with Crippen molar-refractivity contribution in [1.29, 1.82) is 0 Å². The van der Waals surface area contributed by atoms with Gasteiger partial charge in [-0.3, -0.25) is 4.79 Å². The highest BCUT2D eigenvalue weighted by Gasteiger charge is 2.19. The fourth-order valence-electron chi connectivity index (χ4n) is 3.54. The highest BCUT2D eigenvalue weighted by molar-refractivity contribution is 5.94. The van der Waals surface area contributed by atoms with Crippen molar-refractivity contribution in [3.63, 3.8) is 0 Å². The second-order valence-electron chi connectivity index (χ2n) is 6.77. The van der Waals surface area contributed by atoms with Crippen LogP contribution >= 0.6 is 0 Å². The van der Waals surface area contributed by atoms with Crippen LogP contribution in [0.4, 0.5) is 0 Å². The first-order valence-electron chi connectivity index (χ1n) is 9.61. The van der Waals surface area contributed by atoms with Crippen molar-refractivity contribution in [3.8, 4) is 17.0 Å². The SMILES string of the molecule is CCCCCCn1ccc2nc3ncnn3c(-c3ccccc3OC)c2c1=O. The highest BCUT2D eigenvalue weighted by atomic mass is 16.5. The van der Waals surface area contributed by atoms with Crippen LogP contribution < -0.4 is 10.3 Å². The summed E-state index contributed by atoms with van der Waals surface area (Å²) < 4.78 is 8.92. The summed E-state index contributed by atoms with van der Waals surface area (Å²) in [5.41, 5.74) is 1.98. The summed E-state index contributed by atoms with van der Waals surface area (Å²) in [4.78, 5) is 22.1. The smallest absolute Gasteiger partial charge is 0.262 e. The van der Waals surface area contributed by atoms with Gasteiger partial charge >= 0.3 is 0 Å². The first-order valence-corrected chi connectivity index (χ1v) is 9.61. The zero-order valence-corrected chi connectivity index (χ0v) is 16.1. The Morgan fingerprint density at radius 3 is 2.79 bits per heavy atom. The third-order valence-corrected chi connectivity index (χ3v) is 4.96. The van der Waals surface area contributed by atoms with Crippen molar-refractivity contribution < 1.29 is 4.74 Å². The van der Waals surface area contributed by atoms with E-state index >= 15 is 0 Å². The van der Waals surface area contributed by atoms with Crippen LogP contribution in [0.15, 0.2) is 47.7 Å². The molecule has 0 radical (unpaired) electrons. The number of benzene rings is 1. The first kappa shape index (κ1) is 18.2. The predicted molar refractivity (Wildman–Crippen MR) is 109 cm³/mol. The summed E-state index contributed by atoms with van der Waals surface area (Å²) in [6.07, 6.45) is 7.70. The van der Waals surface area contributed by atoms with Crippen LogP contribution in [0, 0.1) is 0 Å². The summed E-state index contributed by atoms with van der Waals surface area (Å²) in [6.45, 7) is 2.87. The summed E-state index contributed by atoms with van der Waals surface area (Å²) in [6, 6.07) is 9.49. The number of unbranched alkanes of at least 4 members (excludes halogenated alkanes) is 3. The van der Waals surface area contributed by atoms with E-state index in [0.29, 0.717) is 34.7 Å². The number of aromatic nitrogens is 5. The zero-order chi connectivity index (χ0) is 19.5. The van der Waals surface area contributed by atoms with Gasteiger partial charge < -0.3 is 9.30 Å². The van der Waals surface area contributed by atoms with Crippen molar-refractivity contribution in [2.24, 2.45) is 0 Å². The van der Waals surface area contributed by atoms with Gasteiger partial charge in [-0.15, -0.1) is 0 Å². The van der Waals surface area contributed by atoms with E-state index in [1.54, 1.807) is 16.2 Å². The van der Waals surface area contributed by atoms with E-state index in [9.17, 15) is 4.79 Å². The van der Waals surface area contributed by atoms with Gasteiger partial charge in [-0.2, -0.15) is 14.6 Å². The monoisotopic (exact) mass is 377 g/mol. The molecular weight excluding hydrogens is 354 g/mol. The molecule has 7 heteroatoms. The molecule has 0 spiro atoms. The maximum atomic E-state index is 13.4. The zero-order valence-electron chi connectivity index (χ0n) is 16.1. The summed E-state index contributed by atoms with van der Waals surface area (Å²) in [5.74, 6) is 1.12. The van der Waals surface area contributed by atoms with E-state index in [4.69, 9.17) is 4.74 Å². The fourth-order valence-corrected chi connectivity index (χ4v) is 3.54. The number of hydrogen-bond donors (Lipinski definition) is 0. The van der Waals surface area contributed by atoms with Gasteiger partial charge in [-0.1, -0.05) is 38.3 Å². The van der Waals surface area contributed by atoms with E-state index < -0.39 is 0 Å². The number of aryl methyl sites for hydroxylation is 1. The van der Waals surface area contributed by atoms with Crippen molar-refractivity contribution in [2.45, 2.75) is 39.2 Å². The number of para-hydroxylation sites is 1. The van der Waals surface area contributed by atoms with Crippen molar-refractivity contribution in [1.82, 2.24) is 24.1 Å². The molecule has 144 valence electrons. The topological polar surface area (TPSA) is 74.3 Å². The normalized spacial score (nSPS) is 11.4. The molecule has 0 aliphatic rings. The lowest BCUT2D eigenvalue weighted by atomic mass is 10.1. The van der Waals surface area contributed by atoms with Crippen LogP contribution in [0.2, 0.25) is 0 Å². The second-order valence-corrected chi connectivity index (χ2v) is 6.77. The molecule has 0 unspecified atom stereocenters. The lowest BCUT2D eigenvalue weighted by Crippen LogP contribution is -2.21. The van der Waals surface area contributed by atoms with Gasteiger partial charge in [0.15, 0.2) is 0 Å². The second kappa shape index (κ2) is 7.80. The van der Waals surface area contributed by atoms with E-state index in [0.717, 1.165) is 18.4 Å². The average Bonchev–Trinajstić information content (AvgIpc) is 3.19. The molecule has 7 nitrogen and oxygen atoms in total. The van der Waals surface area contributed by atoms with Crippen LogP contribution in [-0.2, 0) is 6.54 Å². The van der Waals surface area contributed by atoms with Gasteiger partial charge in [0.1, 0.15) is 12.1 Å². The lowest BCUT2D eigenvalue weighted by molar-refractivity contribution is 0.416. The Kier molecular flexibility index (Phi) is 5.06. The van der Waals surface area contributed by atoms with E-state index in [-0.39, 0.29) is 5.56 Å². The maximum Gasteiger partial charge on any atom is 0.262 e. The number of nitrogens with zero attached hydrogens (tertiary/aromatic N) is 5. The first-order chi connectivity index (χ1) is 13.7. The molecule has 3 aromatic heterocycles. The summed E-state index contributed by atoms with van der Waals surface area (Å²) in [7, 11) is 1.62. The number of hydrogen-bond acceptors (Lipinski definition) is 5. The van der Waals surface area contributed by atoms with Crippen LogP contribution in [-0.4, -0.2) is 31.3 Å². The number of fused-ring (bicyclic) bond motifs is 2. The molecule has 28 heavy (non-hydrogen) atoms. The molecule has 1 aromatic carbocycles. The molecule has 0 aliphatic heterocycles. The fraction of sp³-hybridized carbons (Fsp3) is 0.333. The van der Waals surface area contributed by atoms with E-state index in [2.05, 4.69) is 22.0 Å². The lowest BCUT2D eigenvalue weighted by Gasteiger charge is -2.13. The Balaban J connectivity index is 1.96. The third-order valence-electron chi connectivity index (χ3n) is 4.96. The number of rotatable bonds is 7. The van der Waals surface area contributed by atoms with Gasteiger partial charge in [0, 0.05) is 18.3 Å². The molecule has 0 atom stereocenters. The molecule has 0 saturated heterocycles. The van der Waals surface area contributed by atoms with Gasteiger partial charge in [0.25, 0.3) is 11.3 Å². The van der Waals surface area contributed by atoms with Crippen LogP contribution in [0.25, 0.3) is 27.9 Å². The molecule has 3 heterocycles. The minimum absolute atomic E-state index is 0.0696. The van der Waals surface area contributed by atoms with Gasteiger partial charge in [-0.25, -0.2) is 4.98 Å². The Hall–Kier alpha value is -3.22. The van der Waals surface area contributed by atoms with Crippen LogP contribution in [0.1, 0.15) is 32.6 Å². The molecule has 0 saturated carbocycles. The van der Waals surface area contributed by atoms with Gasteiger partial charge in [-0.05, 0) is 24.6 Å². The Morgan fingerprint density at radius 2 is 1.96 bits per heavy atom. The van der Waals surface area contributed by atoms with Crippen LogP contribution in [0.3, 0.4) is 0 Å². The summed E-state index contributed by atoms with van der Waals surface area (Å²) >= 11 is 0. The molecule has 0 N–H and O–H groups in total. The molecule has 4 aromatic rings. The van der Waals surface area contributed by atoms with Gasteiger partial charge in [0.05, 0.1) is 23.7 Å². The van der Waals surface area contributed by atoms with E-state index in [1.165, 1.54) is 19.2 Å². The standard InChI is InChI=1S/C21H23N5O2/c1-3-4-5-8-12-25-13-11-16-18(20(25)27)19(26-21(24-16)22-14-23-26)15-9-6-7-10-17(15)28-2/h6-7,9-11,13-14H,3-5,8,12H2,1-2H3. The third kappa shape index (κ3) is 3.13. The van der Waals surface area contributed by atoms with Crippen molar-refractivity contribution >= 4 is 16.7 Å². The van der Waals surface area contributed by atoms with Crippen LogP contribution in [0.5, 0.6) is 5.75 Å². The molecular formula is C21H23N5O2. The van der Waals surface area contributed by atoms with Crippen molar-refractivity contribution in [2.75, 3.05) is 7.11 Å². The minimum Gasteiger partial charge on any atom is -0.496 e. The highest BCUT2D eigenvalue weighted by Crippen LogP contribution is 2.32. The number of methoxy groups -OCH3 is 1. The number of ether oxygens (including phenoxy) is 1. The molecule has 0 amide bonds. The van der Waals surface area contributed by atoms with Crippen molar-refractivity contribution in [3.05, 3.63) is 53.2 Å². The molecule has 4 rings (SSSR count). The quantitative estimate of drug-likeness (QED) is 0.459. The maximum absolute atomic E-state index is 13.4. The Morgan fingerprint density at radius 1 is 1.11 bits per heavy atom. The molecule has 0 fully saturated rings. The largest absolute Gasteiger partial charge is 0.496 e. The molecule has 0 aliphatic carbocycles. The average molecular weight is 377 g/mol. The van der Waals surface area contributed by atoms with E-state index in [1.807, 2.05) is 36.5 Å². The number of pyridine rings is 1.